The number of anilines is 1. The first-order valence-corrected chi connectivity index (χ1v) is 8.52. The molecule has 3 rings (SSSR count). The van der Waals surface area contributed by atoms with Crippen molar-refractivity contribution < 1.29 is 4.79 Å². The van der Waals surface area contributed by atoms with Gasteiger partial charge in [0.25, 0.3) is 0 Å². The van der Waals surface area contributed by atoms with Crippen molar-refractivity contribution in [1.29, 1.82) is 0 Å². The molecule has 0 aliphatic carbocycles. The maximum Gasteiger partial charge on any atom is 0.219 e. The Morgan fingerprint density at radius 1 is 1.52 bits per heavy atom. The zero-order valence-electron chi connectivity index (χ0n) is 13.0. The Balaban J connectivity index is 1.81. The Bertz CT molecular complexity index is 490. The molecule has 3 heterocycles. The van der Waals surface area contributed by atoms with Crippen molar-refractivity contribution in [3.63, 3.8) is 0 Å². The average molecular weight is 308 g/mol. The van der Waals surface area contributed by atoms with E-state index < -0.39 is 0 Å². The Morgan fingerprint density at radius 3 is 2.95 bits per heavy atom. The molecule has 0 radical (unpaired) electrons. The minimum absolute atomic E-state index is 0.213. The highest BCUT2D eigenvalue weighted by Gasteiger charge is 2.45. The van der Waals surface area contributed by atoms with Gasteiger partial charge in [-0.15, -0.1) is 11.3 Å². The second-order valence-electron chi connectivity index (χ2n) is 6.45. The molecule has 0 bridgehead atoms. The van der Waals surface area contributed by atoms with Crippen molar-refractivity contribution in [3.05, 3.63) is 11.6 Å². The van der Waals surface area contributed by atoms with Crippen LogP contribution in [0.1, 0.15) is 19.8 Å². The summed E-state index contributed by atoms with van der Waals surface area (Å²) in [7, 11) is 4.26. The summed E-state index contributed by atoms with van der Waals surface area (Å²) in [6, 6.07) is 1.05. The number of likely N-dealkylation sites (N-methyl/N-ethyl adjacent to an activating group) is 1. The summed E-state index contributed by atoms with van der Waals surface area (Å²) in [4.78, 5) is 23.0. The molecule has 5 nitrogen and oxygen atoms in total. The molecule has 1 aromatic heterocycles. The van der Waals surface area contributed by atoms with Crippen molar-refractivity contribution in [2.45, 2.75) is 31.8 Å². The molecule has 0 aromatic carbocycles. The Labute approximate surface area is 130 Å². The smallest absolute Gasteiger partial charge is 0.219 e. The van der Waals surface area contributed by atoms with Gasteiger partial charge in [-0.1, -0.05) is 0 Å². The van der Waals surface area contributed by atoms with Crippen LogP contribution in [0.5, 0.6) is 0 Å². The van der Waals surface area contributed by atoms with E-state index in [2.05, 4.69) is 34.3 Å². The van der Waals surface area contributed by atoms with Gasteiger partial charge in [-0.2, -0.15) is 0 Å². The van der Waals surface area contributed by atoms with E-state index in [-0.39, 0.29) is 5.91 Å². The predicted molar refractivity (Wildman–Crippen MR) is 85.7 cm³/mol. The van der Waals surface area contributed by atoms with Crippen LogP contribution in [0.2, 0.25) is 0 Å². The number of carbonyl (C=O) groups is 1. The number of carbonyl (C=O) groups excluding carboxylic acids is 1. The van der Waals surface area contributed by atoms with Crippen LogP contribution in [0.15, 0.2) is 11.6 Å². The molecule has 3 atom stereocenters. The van der Waals surface area contributed by atoms with E-state index in [1.807, 2.05) is 11.1 Å². The van der Waals surface area contributed by atoms with E-state index in [1.54, 1.807) is 18.3 Å². The van der Waals surface area contributed by atoms with Crippen molar-refractivity contribution in [1.82, 2.24) is 14.8 Å². The first-order valence-electron chi connectivity index (χ1n) is 7.64. The number of amides is 1. The lowest BCUT2D eigenvalue weighted by Gasteiger charge is -2.38. The predicted octanol–water partition coefficient (Wildman–Crippen LogP) is 1.52. The fourth-order valence-corrected chi connectivity index (χ4v) is 4.63. The molecule has 116 valence electrons. The quantitative estimate of drug-likeness (QED) is 0.849. The third-order valence-corrected chi connectivity index (χ3v) is 5.47. The Hall–Kier alpha value is -1.14. The molecule has 2 aliphatic heterocycles. The maximum absolute atomic E-state index is 11.7. The molecule has 1 amide bonds. The van der Waals surface area contributed by atoms with E-state index in [1.165, 1.54) is 0 Å². The standard InChI is InChI=1S/C15H24N4OS/c1-11(20)18-6-4-14-12(9-18)8-13(10-17(2)3)19(14)15-16-5-7-21-15/h5,7,12-14H,4,6,8-10H2,1-3H3/t12-,13+,14+/m1/s1. The Kier molecular flexibility index (Phi) is 4.17. The lowest BCUT2D eigenvalue weighted by atomic mass is 9.92. The monoisotopic (exact) mass is 308 g/mol. The van der Waals surface area contributed by atoms with Crippen LogP contribution in [0, 0.1) is 5.92 Å². The minimum atomic E-state index is 0.213. The minimum Gasteiger partial charge on any atom is -0.343 e. The molecular weight excluding hydrogens is 284 g/mol. The molecule has 2 fully saturated rings. The number of aromatic nitrogens is 1. The molecule has 2 saturated heterocycles. The fraction of sp³-hybridized carbons (Fsp3) is 0.733. The van der Waals surface area contributed by atoms with E-state index in [0.717, 1.165) is 37.6 Å². The molecule has 6 heteroatoms. The number of nitrogens with zero attached hydrogens (tertiary/aromatic N) is 4. The molecule has 0 saturated carbocycles. The second kappa shape index (κ2) is 5.93. The molecule has 0 unspecified atom stereocenters. The molecule has 2 aliphatic rings. The van der Waals surface area contributed by atoms with E-state index in [0.29, 0.717) is 18.0 Å². The van der Waals surface area contributed by atoms with Crippen LogP contribution >= 0.6 is 11.3 Å². The number of hydrogen-bond donors (Lipinski definition) is 0. The second-order valence-corrected chi connectivity index (χ2v) is 7.33. The normalized spacial score (nSPS) is 29.0. The van der Waals surface area contributed by atoms with Crippen LogP contribution in [-0.2, 0) is 4.79 Å². The van der Waals surface area contributed by atoms with Gasteiger partial charge in [0.2, 0.25) is 5.91 Å². The van der Waals surface area contributed by atoms with Crippen LogP contribution < -0.4 is 4.90 Å². The number of piperidine rings is 1. The first-order chi connectivity index (χ1) is 10.1. The van der Waals surface area contributed by atoms with Gasteiger partial charge >= 0.3 is 0 Å². The number of likely N-dealkylation sites (tertiary alicyclic amines) is 1. The van der Waals surface area contributed by atoms with Crippen molar-refractivity contribution in [2.75, 3.05) is 38.6 Å². The lowest BCUT2D eigenvalue weighted by molar-refractivity contribution is -0.130. The van der Waals surface area contributed by atoms with Gasteiger partial charge in [-0.05, 0) is 32.9 Å². The summed E-state index contributed by atoms with van der Waals surface area (Å²) < 4.78 is 0. The molecule has 0 spiro atoms. The van der Waals surface area contributed by atoms with Crippen LogP contribution in [0.3, 0.4) is 0 Å². The third-order valence-electron chi connectivity index (χ3n) is 4.68. The molecular formula is C15H24N4OS. The molecule has 0 N–H and O–H groups in total. The number of fused-ring (bicyclic) bond motifs is 1. The summed E-state index contributed by atoms with van der Waals surface area (Å²) in [6.07, 6.45) is 4.12. The highest BCUT2D eigenvalue weighted by Crippen LogP contribution is 2.39. The zero-order valence-corrected chi connectivity index (χ0v) is 13.8. The highest BCUT2D eigenvalue weighted by molar-refractivity contribution is 7.13. The molecule has 21 heavy (non-hydrogen) atoms. The van der Waals surface area contributed by atoms with E-state index in [9.17, 15) is 4.79 Å². The summed E-state index contributed by atoms with van der Waals surface area (Å²) >= 11 is 1.73. The number of rotatable bonds is 3. The first kappa shape index (κ1) is 14.8. The van der Waals surface area contributed by atoms with E-state index >= 15 is 0 Å². The van der Waals surface area contributed by atoms with Gasteiger partial charge in [0, 0.05) is 50.2 Å². The summed E-state index contributed by atoms with van der Waals surface area (Å²) in [5.74, 6) is 0.793. The third kappa shape index (κ3) is 2.92. The zero-order chi connectivity index (χ0) is 15.0. The molecule has 1 aromatic rings. The number of thiazole rings is 1. The van der Waals surface area contributed by atoms with Gasteiger partial charge < -0.3 is 14.7 Å². The SMILES string of the molecule is CC(=O)N1CC[C@H]2[C@H](C[C@@H](CN(C)C)N2c2nccs2)C1. The van der Waals surface area contributed by atoms with Crippen LogP contribution in [-0.4, -0.2) is 66.5 Å². The van der Waals surface area contributed by atoms with Crippen molar-refractivity contribution in [3.8, 4) is 0 Å². The van der Waals surface area contributed by atoms with Crippen LogP contribution in [0.4, 0.5) is 5.13 Å². The van der Waals surface area contributed by atoms with Gasteiger partial charge in [-0.3, -0.25) is 4.79 Å². The van der Waals surface area contributed by atoms with Crippen molar-refractivity contribution >= 4 is 22.4 Å². The topological polar surface area (TPSA) is 39.7 Å². The van der Waals surface area contributed by atoms with E-state index in [4.69, 9.17) is 0 Å². The summed E-state index contributed by atoms with van der Waals surface area (Å²) in [6.45, 7) is 4.52. The van der Waals surface area contributed by atoms with Gasteiger partial charge in [0.1, 0.15) is 0 Å². The van der Waals surface area contributed by atoms with Crippen molar-refractivity contribution in [2.24, 2.45) is 5.92 Å². The van der Waals surface area contributed by atoms with Gasteiger partial charge in [0.05, 0.1) is 0 Å². The average Bonchev–Trinajstić information content (AvgIpc) is 3.02. The summed E-state index contributed by atoms with van der Waals surface area (Å²) in [5, 5.41) is 3.20. The number of hydrogen-bond acceptors (Lipinski definition) is 5. The van der Waals surface area contributed by atoms with Gasteiger partial charge in [-0.25, -0.2) is 4.98 Å². The Morgan fingerprint density at radius 2 is 2.33 bits per heavy atom. The lowest BCUT2D eigenvalue weighted by Crippen LogP contribution is -2.49. The highest BCUT2D eigenvalue weighted by atomic mass is 32.1. The maximum atomic E-state index is 11.7. The fourth-order valence-electron chi connectivity index (χ4n) is 3.86. The van der Waals surface area contributed by atoms with Crippen LogP contribution in [0.25, 0.3) is 0 Å². The largest absolute Gasteiger partial charge is 0.343 e. The summed E-state index contributed by atoms with van der Waals surface area (Å²) in [5.41, 5.74) is 0. The van der Waals surface area contributed by atoms with Gasteiger partial charge in [0.15, 0.2) is 5.13 Å².